The van der Waals surface area contributed by atoms with Crippen molar-refractivity contribution in [2.75, 3.05) is 13.6 Å². The number of carbonyl (C=O) groups excluding carboxylic acids is 1. The molecular weight excluding hydrogens is 382 g/mol. The van der Waals surface area contributed by atoms with Crippen LogP contribution in [0.1, 0.15) is 44.8 Å². The maximum Gasteiger partial charge on any atom is 0.255 e. The first-order valence-corrected chi connectivity index (χ1v) is 10.9. The summed E-state index contributed by atoms with van der Waals surface area (Å²) in [6.07, 6.45) is 7.56. The highest BCUT2D eigenvalue weighted by Crippen LogP contribution is 2.30. The Labute approximate surface area is 175 Å². The Bertz CT molecular complexity index is 991. The lowest BCUT2D eigenvalue weighted by Crippen LogP contribution is -2.32. The van der Waals surface area contributed by atoms with Crippen molar-refractivity contribution >= 4 is 17.2 Å². The van der Waals surface area contributed by atoms with Crippen LogP contribution in [-0.4, -0.2) is 43.8 Å². The Morgan fingerprint density at radius 3 is 2.86 bits per heavy atom. The van der Waals surface area contributed by atoms with Gasteiger partial charge in [0.25, 0.3) is 5.91 Å². The van der Waals surface area contributed by atoms with Gasteiger partial charge in [0.1, 0.15) is 5.82 Å². The summed E-state index contributed by atoms with van der Waals surface area (Å²) in [5.74, 6) is 0.966. The molecule has 0 bridgehead atoms. The zero-order chi connectivity index (χ0) is 20.4. The number of fused-ring (bicyclic) bond motifs is 1. The predicted molar refractivity (Wildman–Crippen MR) is 115 cm³/mol. The highest BCUT2D eigenvalue weighted by Gasteiger charge is 2.26. The van der Waals surface area contributed by atoms with E-state index in [1.165, 1.54) is 16.0 Å². The monoisotopic (exact) mass is 409 g/mol. The Morgan fingerprint density at radius 2 is 2.17 bits per heavy atom. The van der Waals surface area contributed by atoms with E-state index in [0.717, 1.165) is 49.6 Å². The molecule has 1 aliphatic heterocycles. The minimum atomic E-state index is 0.0794. The first-order valence-electron chi connectivity index (χ1n) is 10.0. The van der Waals surface area contributed by atoms with Gasteiger partial charge in [-0.2, -0.15) is 0 Å². The molecular formula is C22H27N5OS. The normalized spacial score (nSPS) is 14.0. The molecule has 3 aromatic rings. The van der Waals surface area contributed by atoms with E-state index in [1.807, 2.05) is 36.4 Å². The first kappa shape index (κ1) is 19.8. The summed E-state index contributed by atoms with van der Waals surface area (Å²) < 4.78 is 1.95. The average molecular weight is 410 g/mol. The number of nitrogens with zero attached hydrogens (tertiary/aromatic N) is 5. The van der Waals surface area contributed by atoms with Crippen molar-refractivity contribution in [2.45, 2.75) is 39.4 Å². The lowest BCUT2D eigenvalue weighted by atomic mass is 10.0. The number of imidazole rings is 1. The Morgan fingerprint density at radius 1 is 1.31 bits per heavy atom. The third-order valence-electron chi connectivity index (χ3n) is 5.58. The van der Waals surface area contributed by atoms with E-state index in [-0.39, 0.29) is 5.91 Å². The van der Waals surface area contributed by atoms with Crippen LogP contribution < -0.4 is 0 Å². The number of amides is 1. The smallest absolute Gasteiger partial charge is 0.255 e. The molecule has 0 fully saturated rings. The van der Waals surface area contributed by atoms with Gasteiger partial charge in [-0.1, -0.05) is 13.0 Å². The van der Waals surface area contributed by atoms with Gasteiger partial charge in [0.2, 0.25) is 0 Å². The summed E-state index contributed by atoms with van der Waals surface area (Å²) in [5.41, 5.74) is 4.45. The van der Waals surface area contributed by atoms with Crippen LogP contribution in [0, 0.1) is 0 Å². The second-order valence-electron chi connectivity index (χ2n) is 7.64. The van der Waals surface area contributed by atoms with Crippen molar-refractivity contribution < 1.29 is 4.79 Å². The van der Waals surface area contributed by atoms with Crippen LogP contribution in [0.15, 0.2) is 36.1 Å². The van der Waals surface area contributed by atoms with E-state index in [4.69, 9.17) is 0 Å². The molecule has 0 aromatic carbocycles. The van der Waals surface area contributed by atoms with Crippen LogP contribution in [0.4, 0.5) is 0 Å². The maximum absolute atomic E-state index is 13.0. The number of hydrogen-bond acceptors (Lipinski definition) is 5. The van der Waals surface area contributed by atoms with E-state index >= 15 is 0 Å². The van der Waals surface area contributed by atoms with Gasteiger partial charge < -0.3 is 9.47 Å². The fourth-order valence-electron chi connectivity index (χ4n) is 3.72. The van der Waals surface area contributed by atoms with Gasteiger partial charge in [0, 0.05) is 62.6 Å². The number of aryl methyl sites for hydroxylation is 2. The fourth-order valence-corrected chi connectivity index (χ4v) is 4.84. The SMILES string of the molecule is CCc1ccc(CN2CCc3c(C(=O)N(C)Cc4nccn4C)csc3C2)nc1. The topological polar surface area (TPSA) is 54.3 Å². The van der Waals surface area contributed by atoms with Gasteiger partial charge in [-0.05, 0) is 30.0 Å². The molecule has 29 heavy (non-hydrogen) atoms. The Kier molecular flexibility index (Phi) is 5.78. The maximum atomic E-state index is 13.0. The van der Waals surface area contributed by atoms with Crippen molar-refractivity contribution in [1.82, 2.24) is 24.3 Å². The third-order valence-corrected chi connectivity index (χ3v) is 6.60. The van der Waals surface area contributed by atoms with Crippen LogP contribution in [0.3, 0.4) is 0 Å². The zero-order valence-corrected chi connectivity index (χ0v) is 18.1. The van der Waals surface area contributed by atoms with E-state index in [9.17, 15) is 4.79 Å². The molecule has 0 N–H and O–H groups in total. The molecule has 1 amide bonds. The van der Waals surface area contributed by atoms with Gasteiger partial charge in [-0.15, -0.1) is 11.3 Å². The molecule has 0 atom stereocenters. The summed E-state index contributed by atoms with van der Waals surface area (Å²) in [7, 11) is 3.80. The largest absolute Gasteiger partial charge is 0.337 e. The van der Waals surface area contributed by atoms with Crippen LogP contribution in [0.2, 0.25) is 0 Å². The van der Waals surface area contributed by atoms with Crippen molar-refractivity contribution in [3.05, 3.63) is 69.2 Å². The number of rotatable bonds is 6. The van der Waals surface area contributed by atoms with Crippen LogP contribution in [-0.2, 0) is 39.5 Å². The molecule has 0 saturated heterocycles. The molecule has 1 aliphatic rings. The molecule has 0 aliphatic carbocycles. The first-order chi connectivity index (χ1) is 14.0. The summed E-state index contributed by atoms with van der Waals surface area (Å²) >= 11 is 1.70. The van der Waals surface area contributed by atoms with Crippen molar-refractivity contribution in [3.8, 4) is 0 Å². The quantitative estimate of drug-likeness (QED) is 0.627. The summed E-state index contributed by atoms with van der Waals surface area (Å²) in [5, 5.41) is 2.03. The van der Waals surface area contributed by atoms with Gasteiger partial charge in [0.05, 0.1) is 17.8 Å². The van der Waals surface area contributed by atoms with Gasteiger partial charge in [-0.25, -0.2) is 4.98 Å². The molecule has 3 aromatic heterocycles. The average Bonchev–Trinajstić information content (AvgIpc) is 3.33. The molecule has 0 unspecified atom stereocenters. The standard InChI is InChI=1S/C22H27N5OS/c1-4-16-5-6-17(24-11-16)12-27-9-7-18-19(15-29-20(18)13-27)22(28)26(3)14-21-23-8-10-25(21)2/h5-6,8,10-11,15H,4,7,9,12-14H2,1-3H3. The summed E-state index contributed by atoms with van der Waals surface area (Å²) in [6.45, 7) is 5.34. The third kappa shape index (κ3) is 4.26. The molecule has 6 nitrogen and oxygen atoms in total. The molecule has 152 valence electrons. The van der Waals surface area contributed by atoms with Crippen molar-refractivity contribution in [2.24, 2.45) is 7.05 Å². The Balaban J connectivity index is 1.42. The van der Waals surface area contributed by atoms with Gasteiger partial charge in [-0.3, -0.25) is 14.7 Å². The minimum Gasteiger partial charge on any atom is -0.337 e. The van der Waals surface area contributed by atoms with Gasteiger partial charge >= 0.3 is 0 Å². The molecule has 4 rings (SSSR count). The second-order valence-corrected chi connectivity index (χ2v) is 8.60. The predicted octanol–water partition coefficient (Wildman–Crippen LogP) is 3.27. The summed E-state index contributed by atoms with van der Waals surface area (Å²) in [6, 6.07) is 4.29. The van der Waals surface area contributed by atoms with E-state index in [0.29, 0.717) is 6.54 Å². The van der Waals surface area contributed by atoms with Gasteiger partial charge in [0.15, 0.2) is 0 Å². The molecule has 4 heterocycles. The van der Waals surface area contributed by atoms with E-state index < -0.39 is 0 Å². The fraction of sp³-hybridized carbons (Fsp3) is 0.409. The van der Waals surface area contributed by atoms with Crippen LogP contribution in [0.25, 0.3) is 0 Å². The lowest BCUT2D eigenvalue weighted by molar-refractivity contribution is 0.0779. The molecule has 7 heteroatoms. The van der Waals surface area contributed by atoms with Crippen molar-refractivity contribution in [1.29, 1.82) is 0 Å². The number of hydrogen-bond donors (Lipinski definition) is 0. The van der Waals surface area contributed by atoms with Crippen molar-refractivity contribution in [3.63, 3.8) is 0 Å². The molecule has 0 spiro atoms. The number of carbonyl (C=O) groups is 1. The number of thiophene rings is 1. The number of pyridine rings is 1. The number of aromatic nitrogens is 3. The molecule has 0 radical (unpaired) electrons. The Hall–Kier alpha value is -2.51. The zero-order valence-electron chi connectivity index (χ0n) is 17.3. The molecule has 0 saturated carbocycles. The summed E-state index contributed by atoms with van der Waals surface area (Å²) in [4.78, 5) is 27.4. The highest BCUT2D eigenvalue weighted by molar-refractivity contribution is 7.10. The van der Waals surface area contributed by atoms with Crippen LogP contribution in [0.5, 0.6) is 0 Å². The van der Waals surface area contributed by atoms with Crippen LogP contribution >= 0.6 is 11.3 Å². The highest BCUT2D eigenvalue weighted by atomic mass is 32.1. The van der Waals surface area contributed by atoms with E-state index in [2.05, 4.69) is 33.9 Å². The second kappa shape index (κ2) is 8.47. The minimum absolute atomic E-state index is 0.0794. The van der Waals surface area contributed by atoms with E-state index in [1.54, 1.807) is 22.4 Å². The lowest BCUT2D eigenvalue weighted by Gasteiger charge is -2.27.